The molecule has 1 aromatic carbocycles. The Morgan fingerprint density at radius 3 is 2.52 bits per heavy atom. The standard InChI is InChI=1S/C11H15NO5S.CH2O2/c13-6-9(7-14)12-18(15,16)10-1-2-11-8(5-10)3-4-17-11;2-1-3/h1-2,5,9,12-14H,3-4,6-7H2;1H,(H,2,3). The lowest BCUT2D eigenvalue weighted by atomic mass is 10.2. The highest BCUT2D eigenvalue weighted by Crippen LogP contribution is 2.27. The van der Waals surface area contributed by atoms with Crippen LogP contribution in [0.4, 0.5) is 0 Å². The Bertz CT molecular complexity index is 569. The van der Waals surface area contributed by atoms with Crippen molar-refractivity contribution in [3.63, 3.8) is 0 Å². The number of carbonyl (C=O) groups is 1. The molecule has 0 atom stereocenters. The van der Waals surface area contributed by atoms with Gasteiger partial charge in [-0.2, -0.15) is 0 Å². The van der Waals surface area contributed by atoms with Crippen LogP contribution in [0.5, 0.6) is 5.75 Å². The van der Waals surface area contributed by atoms with Gasteiger partial charge in [0.25, 0.3) is 6.47 Å². The molecule has 0 spiro atoms. The molecule has 8 nitrogen and oxygen atoms in total. The number of hydrogen-bond acceptors (Lipinski definition) is 6. The Hall–Kier alpha value is -1.68. The molecule has 0 amide bonds. The van der Waals surface area contributed by atoms with E-state index in [1.807, 2.05) is 0 Å². The van der Waals surface area contributed by atoms with Crippen LogP contribution in [0.1, 0.15) is 5.56 Å². The van der Waals surface area contributed by atoms with Crippen LogP contribution < -0.4 is 9.46 Å². The van der Waals surface area contributed by atoms with Crippen LogP contribution in [0.25, 0.3) is 0 Å². The number of aliphatic hydroxyl groups excluding tert-OH is 2. The predicted octanol–water partition coefficient (Wildman–Crippen LogP) is -1.05. The average Bonchev–Trinajstić information content (AvgIpc) is 2.93. The normalized spacial score (nSPS) is 13.1. The number of carboxylic acid groups (broad SMARTS) is 1. The quantitative estimate of drug-likeness (QED) is 0.509. The summed E-state index contributed by atoms with van der Waals surface area (Å²) in [5, 5.41) is 24.7. The fraction of sp³-hybridized carbons (Fsp3) is 0.417. The van der Waals surface area contributed by atoms with E-state index in [2.05, 4.69) is 4.72 Å². The number of fused-ring (bicyclic) bond motifs is 1. The first-order valence-corrected chi connectivity index (χ1v) is 7.54. The molecule has 1 aliphatic rings. The maximum Gasteiger partial charge on any atom is 0.290 e. The number of rotatable bonds is 5. The van der Waals surface area contributed by atoms with Gasteiger partial charge in [0.1, 0.15) is 5.75 Å². The van der Waals surface area contributed by atoms with Gasteiger partial charge >= 0.3 is 0 Å². The van der Waals surface area contributed by atoms with Crippen LogP contribution >= 0.6 is 0 Å². The van der Waals surface area contributed by atoms with Gasteiger partial charge in [0.05, 0.1) is 30.8 Å². The van der Waals surface area contributed by atoms with E-state index in [0.29, 0.717) is 18.8 Å². The van der Waals surface area contributed by atoms with Crippen molar-refractivity contribution >= 4 is 16.5 Å². The first-order chi connectivity index (χ1) is 9.98. The molecule has 1 aliphatic heterocycles. The summed E-state index contributed by atoms with van der Waals surface area (Å²) in [6.07, 6.45) is 0.683. The summed E-state index contributed by atoms with van der Waals surface area (Å²) in [5.41, 5.74) is 0.849. The van der Waals surface area contributed by atoms with Crippen molar-refractivity contribution in [2.75, 3.05) is 19.8 Å². The minimum absolute atomic E-state index is 0.110. The minimum atomic E-state index is -3.73. The molecule has 21 heavy (non-hydrogen) atoms. The molecule has 0 saturated carbocycles. The van der Waals surface area contributed by atoms with Crippen molar-refractivity contribution in [1.29, 1.82) is 0 Å². The zero-order valence-electron chi connectivity index (χ0n) is 11.1. The molecule has 0 aromatic heterocycles. The number of nitrogens with one attached hydrogen (secondary N) is 1. The average molecular weight is 319 g/mol. The van der Waals surface area contributed by atoms with E-state index < -0.39 is 29.3 Å². The van der Waals surface area contributed by atoms with E-state index in [4.69, 9.17) is 24.9 Å². The van der Waals surface area contributed by atoms with E-state index in [9.17, 15) is 8.42 Å². The van der Waals surface area contributed by atoms with Gasteiger partial charge in [-0.3, -0.25) is 4.79 Å². The van der Waals surface area contributed by atoms with Crippen molar-refractivity contribution in [2.24, 2.45) is 0 Å². The summed E-state index contributed by atoms with van der Waals surface area (Å²) in [6.45, 7) is -0.601. The van der Waals surface area contributed by atoms with E-state index in [-0.39, 0.29) is 11.4 Å². The van der Waals surface area contributed by atoms with Gasteiger partial charge in [-0.1, -0.05) is 0 Å². The van der Waals surface area contributed by atoms with Gasteiger partial charge in [0.15, 0.2) is 0 Å². The highest BCUT2D eigenvalue weighted by molar-refractivity contribution is 7.89. The first kappa shape index (κ1) is 17.4. The van der Waals surface area contributed by atoms with Crippen molar-refractivity contribution in [3.8, 4) is 5.75 Å². The Morgan fingerprint density at radius 1 is 1.33 bits per heavy atom. The van der Waals surface area contributed by atoms with Gasteiger partial charge < -0.3 is 20.1 Å². The molecular weight excluding hydrogens is 302 g/mol. The Morgan fingerprint density at radius 2 is 1.95 bits per heavy atom. The third-order valence-corrected chi connectivity index (χ3v) is 4.25. The lowest BCUT2D eigenvalue weighted by molar-refractivity contribution is -0.122. The lowest BCUT2D eigenvalue weighted by Gasteiger charge is -2.14. The highest BCUT2D eigenvalue weighted by Gasteiger charge is 2.21. The molecule has 0 fully saturated rings. The van der Waals surface area contributed by atoms with Crippen molar-refractivity contribution in [2.45, 2.75) is 17.4 Å². The number of sulfonamides is 1. The minimum Gasteiger partial charge on any atom is -0.493 e. The van der Waals surface area contributed by atoms with Crippen LogP contribution in [0.2, 0.25) is 0 Å². The maximum absolute atomic E-state index is 12.0. The Kier molecular flexibility index (Phi) is 6.56. The third kappa shape index (κ3) is 4.67. The third-order valence-electron chi connectivity index (χ3n) is 2.73. The summed E-state index contributed by atoms with van der Waals surface area (Å²) in [7, 11) is -3.73. The molecule has 0 aliphatic carbocycles. The Labute approximate surface area is 122 Å². The van der Waals surface area contributed by atoms with Gasteiger partial charge in [-0.25, -0.2) is 13.1 Å². The first-order valence-electron chi connectivity index (χ1n) is 6.06. The van der Waals surface area contributed by atoms with Gasteiger partial charge in [-0.05, 0) is 23.8 Å². The topological polar surface area (TPSA) is 133 Å². The second kappa shape index (κ2) is 7.93. The zero-order valence-corrected chi connectivity index (χ0v) is 11.9. The summed E-state index contributed by atoms with van der Waals surface area (Å²) in [4.78, 5) is 8.47. The van der Waals surface area contributed by atoms with Crippen LogP contribution in [0.15, 0.2) is 23.1 Å². The van der Waals surface area contributed by atoms with Crippen LogP contribution in [-0.4, -0.2) is 56.1 Å². The van der Waals surface area contributed by atoms with Crippen LogP contribution in [0.3, 0.4) is 0 Å². The molecular formula is C12H17NO7S. The smallest absolute Gasteiger partial charge is 0.290 e. The number of benzene rings is 1. The lowest BCUT2D eigenvalue weighted by Crippen LogP contribution is -2.40. The molecule has 1 heterocycles. The second-order valence-corrected chi connectivity index (χ2v) is 5.87. The molecule has 4 N–H and O–H groups in total. The monoisotopic (exact) mass is 319 g/mol. The molecule has 0 bridgehead atoms. The number of aliphatic hydroxyl groups is 2. The molecule has 9 heteroatoms. The summed E-state index contributed by atoms with van der Waals surface area (Å²) >= 11 is 0. The van der Waals surface area contributed by atoms with E-state index in [1.54, 1.807) is 12.1 Å². The van der Waals surface area contributed by atoms with Crippen molar-refractivity contribution in [1.82, 2.24) is 4.72 Å². The van der Waals surface area contributed by atoms with E-state index in [1.165, 1.54) is 6.07 Å². The summed E-state index contributed by atoms with van der Waals surface area (Å²) < 4.78 is 31.5. The molecule has 2 rings (SSSR count). The fourth-order valence-electron chi connectivity index (χ4n) is 1.75. The highest BCUT2D eigenvalue weighted by atomic mass is 32.2. The van der Waals surface area contributed by atoms with Crippen molar-refractivity contribution < 1.29 is 33.3 Å². The summed E-state index contributed by atoms with van der Waals surface area (Å²) in [5.74, 6) is 0.704. The molecule has 0 saturated heterocycles. The Balaban J connectivity index is 0.000000677. The number of hydrogen-bond donors (Lipinski definition) is 4. The molecule has 1 aromatic rings. The van der Waals surface area contributed by atoms with E-state index in [0.717, 1.165) is 5.56 Å². The van der Waals surface area contributed by atoms with Gasteiger partial charge in [0, 0.05) is 6.42 Å². The SMILES string of the molecule is O=CO.O=S(=O)(NC(CO)CO)c1ccc2c(c1)CCO2. The fourth-order valence-corrected chi connectivity index (χ4v) is 3.02. The van der Waals surface area contributed by atoms with Gasteiger partial charge in [0.2, 0.25) is 10.0 Å². The molecule has 0 unspecified atom stereocenters. The summed E-state index contributed by atoms with van der Waals surface area (Å²) in [6, 6.07) is 3.72. The second-order valence-electron chi connectivity index (χ2n) is 4.16. The van der Waals surface area contributed by atoms with Crippen LogP contribution in [0, 0.1) is 0 Å². The maximum atomic E-state index is 12.0. The largest absolute Gasteiger partial charge is 0.493 e. The number of ether oxygens (including phenoxy) is 1. The zero-order chi connectivity index (χ0) is 15.9. The predicted molar refractivity (Wildman–Crippen MR) is 72.6 cm³/mol. The van der Waals surface area contributed by atoms with Crippen molar-refractivity contribution in [3.05, 3.63) is 23.8 Å². The molecule has 0 radical (unpaired) electrons. The van der Waals surface area contributed by atoms with E-state index >= 15 is 0 Å². The van der Waals surface area contributed by atoms with Crippen LogP contribution in [-0.2, 0) is 21.2 Å². The van der Waals surface area contributed by atoms with Gasteiger partial charge in [-0.15, -0.1) is 0 Å². The molecule has 118 valence electrons.